The minimum Gasteiger partial charge on any atom is -0.504 e. The molecule has 0 aliphatic heterocycles. The molecule has 0 radical (unpaired) electrons. The van der Waals surface area contributed by atoms with Crippen LogP contribution in [0.4, 0.5) is 0 Å². The number of aryl methyl sites for hydroxylation is 2. The molecule has 0 atom stereocenters. The first kappa shape index (κ1) is 15.5. The first-order valence-corrected chi connectivity index (χ1v) is 7.00. The third-order valence-corrected chi connectivity index (χ3v) is 3.56. The molecule has 24 heavy (non-hydrogen) atoms. The van der Waals surface area contributed by atoms with Crippen molar-refractivity contribution in [1.82, 2.24) is 20.4 Å². The molecule has 8 nitrogen and oxygen atoms in total. The van der Waals surface area contributed by atoms with Gasteiger partial charge in [0.15, 0.2) is 23.0 Å². The van der Waals surface area contributed by atoms with Crippen LogP contribution in [-0.4, -0.2) is 40.8 Å². The predicted molar refractivity (Wildman–Crippen MR) is 84.6 cm³/mol. The SMILES string of the molecule is Cc1cc(-c2nnc(-c3cc(C)c(O)c(O)c3)nn2)cc(O)c1O. The molecule has 0 unspecified atom stereocenters. The summed E-state index contributed by atoms with van der Waals surface area (Å²) in [5, 5.41) is 54.3. The zero-order valence-corrected chi connectivity index (χ0v) is 12.9. The van der Waals surface area contributed by atoms with E-state index in [0.29, 0.717) is 22.3 Å². The Morgan fingerprint density at radius 3 is 1.21 bits per heavy atom. The largest absolute Gasteiger partial charge is 0.504 e. The van der Waals surface area contributed by atoms with Crippen molar-refractivity contribution in [3.8, 4) is 45.8 Å². The van der Waals surface area contributed by atoms with Gasteiger partial charge in [-0.3, -0.25) is 0 Å². The van der Waals surface area contributed by atoms with Crippen molar-refractivity contribution < 1.29 is 20.4 Å². The molecule has 122 valence electrons. The fraction of sp³-hybridized carbons (Fsp3) is 0.125. The molecule has 0 fully saturated rings. The van der Waals surface area contributed by atoms with E-state index in [4.69, 9.17) is 0 Å². The monoisotopic (exact) mass is 326 g/mol. The maximum absolute atomic E-state index is 9.66. The van der Waals surface area contributed by atoms with Crippen LogP contribution in [0.2, 0.25) is 0 Å². The van der Waals surface area contributed by atoms with Crippen molar-refractivity contribution in [2.45, 2.75) is 13.8 Å². The van der Waals surface area contributed by atoms with Crippen LogP contribution in [-0.2, 0) is 0 Å². The summed E-state index contributed by atoms with van der Waals surface area (Å²) in [7, 11) is 0. The molecule has 0 aliphatic carbocycles. The summed E-state index contributed by atoms with van der Waals surface area (Å²) in [6, 6.07) is 5.84. The lowest BCUT2D eigenvalue weighted by molar-refractivity contribution is 0.401. The number of nitrogens with zero attached hydrogens (tertiary/aromatic N) is 4. The molecule has 0 saturated heterocycles. The van der Waals surface area contributed by atoms with E-state index < -0.39 is 0 Å². The topological polar surface area (TPSA) is 132 Å². The molecular weight excluding hydrogens is 312 g/mol. The zero-order valence-electron chi connectivity index (χ0n) is 12.9. The number of rotatable bonds is 2. The highest BCUT2D eigenvalue weighted by molar-refractivity contribution is 5.64. The molecule has 3 aromatic rings. The Bertz CT molecular complexity index is 803. The Balaban J connectivity index is 2.00. The van der Waals surface area contributed by atoms with Crippen molar-refractivity contribution in [1.29, 1.82) is 0 Å². The van der Waals surface area contributed by atoms with Crippen LogP contribution in [0.3, 0.4) is 0 Å². The van der Waals surface area contributed by atoms with Gasteiger partial charge in [0, 0.05) is 11.1 Å². The molecule has 0 amide bonds. The summed E-state index contributed by atoms with van der Waals surface area (Å²) in [5.74, 6) is -0.611. The van der Waals surface area contributed by atoms with Gasteiger partial charge >= 0.3 is 0 Å². The molecule has 1 heterocycles. The third kappa shape index (κ3) is 2.65. The number of aromatic nitrogens is 4. The molecule has 8 heteroatoms. The summed E-state index contributed by atoms with van der Waals surface area (Å²) in [6.45, 7) is 3.27. The molecule has 0 bridgehead atoms. The van der Waals surface area contributed by atoms with Gasteiger partial charge in [0.2, 0.25) is 11.6 Å². The summed E-state index contributed by atoms with van der Waals surface area (Å²) >= 11 is 0. The third-order valence-electron chi connectivity index (χ3n) is 3.56. The van der Waals surface area contributed by atoms with Gasteiger partial charge in [-0.05, 0) is 49.2 Å². The van der Waals surface area contributed by atoms with Gasteiger partial charge in [-0.2, -0.15) is 0 Å². The van der Waals surface area contributed by atoms with Crippen LogP contribution in [0.25, 0.3) is 22.8 Å². The highest BCUT2D eigenvalue weighted by atomic mass is 16.3. The predicted octanol–water partition coefficient (Wildman–Crippen LogP) is 2.04. The molecule has 4 N–H and O–H groups in total. The van der Waals surface area contributed by atoms with E-state index in [2.05, 4.69) is 20.4 Å². The van der Waals surface area contributed by atoms with Crippen LogP contribution in [0.5, 0.6) is 23.0 Å². The number of aromatic hydroxyl groups is 4. The van der Waals surface area contributed by atoms with E-state index >= 15 is 0 Å². The van der Waals surface area contributed by atoms with Crippen molar-refractivity contribution in [3.63, 3.8) is 0 Å². The maximum Gasteiger partial charge on any atom is 0.203 e. The fourth-order valence-corrected chi connectivity index (χ4v) is 2.24. The number of hydrogen-bond acceptors (Lipinski definition) is 8. The highest BCUT2D eigenvalue weighted by Gasteiger charge is 2.13. The quantitative estimate of drug-likeness (QED) is 0.526. The summed E-state index contributed by atoms with van der Waals surface area (Å²) in [5.41, 5.74) is 1.85. The lowest BCUT2D eigenvalue weighted by Gasteiger charge is -2.07. The van der Waals surface area contributed by atoms with Crippen molar-refractivity contribution in [2.24, 2.45) is 0 Å². The molecule has 0 aliphatic rings. The van der Waals surface area contributed by atoms with Crippen molar-refractivity contribution in [3.05, 3.63) is 35.4 Å². The summed E-state index contributed by atoms with van der Waals surface area (Å²) in [6.07, 6.45) is 0. The Kier molecular flexibility index (Phi) is 3.64. The first-order chi connectivity index (χ1) is 11.4. The van der Waals surface area contributed by atoms with Crippen LogP contribution in [0, 0.1) is 13.8 Å². The van der Waals surface area contributed by atoms with E-state index in [1.54, 1.807) is 26.0 Å². The lowest BCUT2D eigenvalue weighted by Crippen LogP contribution is -2.00. The van der Waals surface area contributed by atoms with Gasteiger partial charge in [0.05, 0.1) is 0 Å². The number of phenolic OH excluding ortho intramolecular Hbond substituents is 4. The van der Waals surface area contributed by atoms with E-state index in [-0.39, 0.29) is 34.6 Å². The smallest absolute Gasteiger partial charge is 0.203 e. The van der Waals surface area contributed by atoms with Crippen molar-refractivity contribution in [2.75, 3.05) is 0 Å². The van der Waals surface area contributed by atoms with Gasteiger partial charge in [-0.1, -0.05) is 0 Å². The van der Waals surface area contributed by atoms with Crippen LogP contribution in [0.1, 0.15) is 11.1 Å². The maximum atomic E-state index is 9.66. The van der Waals surface area contributed by atoms with E-state index in [9.17, 15) is 20.4 Å². The minimum atomic E-state index is -0.281. The Morgan fingerprint density at radius 2 is 0.917 bits per heavy atom. The average molecular weight is 326 g/mol. The number of benzene rings is 2. The van der Waals surface area contributed by atoms with Gasteiger partial charge < -0.3 is 20.4 Å². The zero-order chi connectivity index (χ0) is 17.4. The van der Waals surface area contributed by atoms with Crippen LogP contribution < -0.4 is 0 Å². The first-order valence-electron chi connectivity index (χ1n) is 7.00. The van der Waals surface area contributed by atoms with Crippen molar-refractivity contribution >= 4 is 0 Å². The van der Waals surface area contributed by atoms with Crippen LogP contribution in [0.15, 0.2) is 24.3 Å². The lowest BCUT2D eigenvalue weighted by atomic mass is 10.1. The summed E-state index contributed by atoms with van der Waals surface area (Å²) in [4.78, 5) is 0. The van der Waals surface area contributed by atoms with E-state index in [1.165, 1.54) is 12.1 Å². The van der Waals surface area contributed by atoms with Gasteiger partial charge in [-0.15, -0.1) is 20.4 Å². The minimum absolute atomic E-state index is 0.178. The molecule has 0 spiro atoms. The molecular formula is C16H14N4O4. The van der Waals surface area contributed by atoms with Gasteiger partial charge in [0.1, 0.15) is 0 Å². The Hall–Kier alpha value is -3.42. The number of hydrogen-bond donors (Lipinski definition) is 4. The molecule has 0 saturated carbocycles. The normalized spacial score (nSPS) is 10.8. The van der Waals surface area contributed by atoms with E-state index in [1.807, 2.05) is 0 Å². The second-order valence-corrected chi connectivity index (χ2v) is 5.37. The second-order valence-electron chi connectivity index (χ2n) is 5.37. The molecule has 1 aromatic heterocycles. The molecule has 2 aromatic carbocycles. The Morgan fingerprint density at radius 1 is 0.583 bits per heavy atom. The van der Waals surface area contributed by atoms with E-state index in [0.717, 1.165) is 0 Å². The Labute approximate surface area is 136 Å². The highest BCUT2D eigenvalue weighted by Crippen LogP contribution is 2.34. The fourth-order valence-electron chi connectivity index (χ4n) is 2.24. The van der Waals surface area contributed by atoms with Gasteiger partial charge in [0.25, 0.3) is 0 Å². The number of phenols is 4. The average Bonchev–Trinajstić information content (AvgIpc) is 2.57. The van der Waals surface area contributed by atoms with Gasteiger partial charge in [-0.25, -0.2) is 0 Å². The van der Waals surface area contributed by atoms with Crippen LogP contribution >= 0.6 is 0 Å². The standard InChI is InChI=1S/C16H14N4O4/c1-7-3-9(5-11(21)13(7)23)15-17-19-16(20-18-15)10-4-8(2)14(24)12(22)6-10/h3-6,21-24H,1-2H3. The second kappa shape index (κ2) is 5.65. The summed E-state index contributed by atoms with van der Waals surface area (Å²) < 4.78 is 0. The molecule has 3 rings (SSSR count).